The highest BCUT2D eigenvalue weighted by Crippen LogP contribution is 2.21. The van der Waals surface area contributed by atoms with Crippen LogP contribution < -0.4 is 11.3 Å². The smallest absolute Gasteiger partial charge is 0.335 e. The summed E-state index contributed by atoms with van der Waals surface area (Å²) in [5, 5.41) is 9.39. The Morgan fingerprint density at radius 2 is 1.76 bits per heavy atom. The van der Waals surface area contributed by atoms with E-state index < -0.39 is 5.97 Å². The highest BCUT2D eigenvalue weighted by Gasteiger charge is 2.11. The SMILES string of the molecule is Nc1cccc(/C=C/c2c(Cl)cc(Cl)c(=O)n2CCc2ccc(C(=O)O)cc2)c1. The fourth-order valence-corrected chi connectivity index (χ4v) is 3.44. The number of nitrogens with zero attached hydrogens (tertiary/aromatic N) is 1. The maximum Gasteiger partial charge on any atom is 0.335 e. The number of benzene rings is 2. The van der Waals surface area contributed by atoms with Crippen molar-refractivity contribution in [2.45, 2.75) is 13.0 Å². The van der Waals surface area contributed by atoms with E-state index in [-0.39, 0.29) is 16.1 Å². The highest BCUT2D eigenvalue weighted by molar-refractivity contribution is 6.35. The van der Waals surface area contributed by atoms with Crippen LogP contribution >= 0.6 is 23.2 Å². The van der Waals surface area contributed by atoms with Gasteiger partial charge in [-0.25, -0.2) is 4.79 Å². The van der Waals surface area contributed by atoms with Crippen LogP contribution in [0, 0.1) is 0 Å². The van der Waals surface area contributed by atoms with E-state index in [1.54, 1.807) is 24.3 Å². The summed E-state index contributed by atoms with van der Waals surface area (Å²) in [5.74, 6) is -0.983. The second kappa shape index (κ2) is 8.99. The van der Waals surface area contributed by atoms with Gasteiger partial charge in [-0.15, -0.1) is 0 Å². The zero-order chi connectivity index (χ0) is 21.0. The van der Waals surface area contributed by atoms with Crippen LogP contribution in [0.2, 0.25) is 10.0 Å². The highest BCUT2D eigenvalue weighted by atomic mass is 35.5. The first-order valence-corrected chi connectivity index (χ1v) is 9.55. The number of rotatable bonds is 6. The average Bonchev–Trinajstić information content (AvgIpc) is 2.69. The minimum atomic E-state index is -0.983. The third-order valence-electron chi connectivity index (χ3n) is 4.41. The fourth-order valence-electron chi connectivity index (χ4n) is 2.90. The number of carbonyl (C=O) groups is 1. The van der Waals surface area contributed by atoms with Crippen molar-refractivity contribution in [3.63, 3.8) is 0 Å². The van der Waals surface area contributed by atoms with Gasteiger partial charge < -0.3 is 15.4 Å². The van der Waals surface area contributed by atoms with Gasteiger partial charge in [-0.3, -0.25) is 4.79 Å². The van der Waals surface area contributed by atoms with Crippen LogP contribution in [0.15, 0.2) is 59.4 Å². The van der Waals surface area contributed by atoms with E-state index in [0.29, 0.717) is 29.4 Å². The van der Waals surface area contributed by atoms with E-state index in [0.717, 1.165) is 11.1 Å². The summed E-state index contributed by atoms with van der Waals surface area (Å²) in [6, 6.07) is 15.3. The first kappa shape index (κ1) is 20.7. The molecule has 0 aliphatic carbocycles. The Kier molecular flexibility index (Phi) is 6.42. The molecule has 29 heavy (non-hydrogen) atoms. The van der Waals surface area contributed by atoms with Crippen molar-refractivity contribution < 1.29 is 9.90 Å². The quantitative estimate of drug-likeness (QED) is 0.549. The van der Waals surface area contributed by atoms with Gasteiger partial charge in [0.15, 0.2) is 0 Å². The Balaban J connectivity index is 1.90. The van der Waals surface area contributed by atoms with Crippen molar-refractivity contribution in [3.05, 3.63) is 97.4 Å². The van der Waals surface area contributed by atoms with Crippen LogP contribution in [0.25, 0.3) is 12.2 Å². The van der Waals surface area contributed by atoms with Crippen molar-refractivity contribution in [1.29, 1.82) is 0 Å². The predicted octanol–water partition coefficient (Wildman–Crippen LogP) is 4.85. The molecular formula is C22H18Cl2N2O3. The lowest BCUT2D eigenvalue weighted by molar-refractivity contribution is 0.0697. The van der Waals surface area contributed by atoms with Crippen LogP contribution in [-0.2, 0) is 13.0 Å². The number of aromatic nitrogens is 1. The molecule has 0 bridgehead atoms. The lowest BCUT2D eigenvalue weighted by atomic mass is 10.1. The minimum absolute atomic E-state index is 0.0392. The molecule has 0 fully saturated rings. The molecule has 5 nitrogen and oxygen atoms in total. The fraction of sp³-hybridized carbons (Fsp3) is 0.0909. The molecule has 0 radical (unpaired) electrons. The average molecular weight is 429 g/mol. The summed E-state index contributed by atoms with van der Waals surface area (Å²) < 4.78 is 1.51. The van der Waals surface area contributed by atoms with Gasteiger partial charge in [0.1, 0.15) is 5.02 Å². The molecule has 1 heterocycles. The molecule has 3 rings (SSSR count). The molecule has 0 amide bonds. The number of anilines is 1. The second-order valence-electron chi connectivity index (χ2n) is 6.44. The van der Waals surface area contributed by atoms with Crippen LogP contribution in [-0.4, -0.2) is 15.6 Å². The van der Waals surface area contributed by atoms with Gasteiger partial charge in [0.2, 0.25) is 0 Å². The van der Waals surface area contributed by atoms with Crippen LogP contribution in [0.3, 0.4) is 0 Å². The molecule has 2 aromatic carbocycles. The number of hydrogen-bond donors (Lipinski definition) is 2. The lowest BCUT2D eigenvalue weighted by Gasteiger charge is -2.13. The van der Waals surface area contributed by atoms with Gasteiger partial charge in [0, 0.05) is 12.2 Å². The first-order chi connectivity index (χ1) is 13.8. The molecule has 0 aliphatic heterocycles. The lowest BCUT2D eigenvalue weighted by Crippen LogP contribution is -2.24. The molecule has 3 N–H and O–H groups in total. The largest absolute Gasteiger partial charge is 0.478 e. The molecule has 0 saturated heterocycles. The van der Waals surface area contributed by atoms with Crippen LogP contribution in [0.4, 0.5) is 5.69 Å². The number of nitrogens with two attached hydrogens (primary N) is 1. The Labute approximate surface area is 177 Å². The number of carboxylic acid groups (broad SMARTS) is 1. The summed E-state index contributed by atoms with van der Waals surface area (Å²) in [6.07, 6.45) is 4.08. The normalized spacial score (nSPS) is 11.1. The van der Waals surface area contributed by atoms with Gasteiger partial charge in [0.25, 0.3) is 5.56 Å². The van der Waals surface area contributed by atoms with Gasteiger partial charge >= 0.3 is 5.97 Å². The Morgan fingerprint density at radius 1 is 1.03 bits per heavy atom. The predicted molar refractivity (Wildman–Crippen MR) is 118 cm³/mol. The number of aryl methyl sites for hydroxylation is 1. The zero-order valence-corrected chi connectivity index (χ0v) is 16.8. The standard InChI is InChI=1S/C22H18Cl2N2O3/c23-18-13-19(24)21(27)26(11-10-14-4-7-16(8-5-14)22(28)29)20(18)9-6-15-2-1-3-17(25)12-15/h1-9,12-13H,10-11,25H2,(H,28,29)/b9-6+. The number of halogens is 2. The van der Waals surface area contributed by atoms with E-state index in [9.17, 15) is 9.59 Å². The molecule has 3 aromatic rings. The molecule has 1 aromatic heterocycles. The maximum absolute atomic E-state index is 12.6. The topological polar surface area (TPSA) is 85.3 Å². The summed E-state index contributed by atoms with van der Waals surface area (Å²) in [5.41, 5.74) is 8.61. The number of aromatic carboxylic acids is 1. The summed E-state index contributed by atoms with van der Waals surface area (Å²) >= 11 is 12.4. The number of pyridine rings is 1. The number of nitrogen functional groups attached to an aromatic ring is 1. The molecule has 0 aliphatic rings. The molecule has 7 heteroatoms. The summed E-state index contributed by atoms with van der Waals surface area (Å²) in [4.78, 5) is 23.6. The third kappa shape index (κ3) is 5.08. The summed E-state index contributed by atoms with van der Waals surface area (Å²) in [7, 11) is 0. The number of carboxylic acids is 1. The monoisotopic (exact) mass is 428 g/mol. The van der Waals surface area contributed by atoms with E-state index in [1.807, 2.05) is 24.3 Å². The van der Waals surface area contributed by atoms with Gasteiger partial charge in [-0.05, 0) is 54.0 Å². The van der Waals surface area contributed by atoms with E-state index in [2.05, 4.69) is 0 Å². The third-order valence-corrected chi connectivity index (χ3v) is 4.98. The summed E-state index contributed by atoms with van der Waals surface area (Å²) in [6.45, 7) is 0.335. The minimum Gasteiger partial charge on any atom is -0.478 e. The van der Waals surface area contributed by atoms with Crippen molar-refractivity contribution >= 4 is 47.0 Å². The molecule has 0 unspecified atom stereocenters. The van der Waals surface area contributed by atoms with Crippen molar-refractivity contribution in [2.75, 3.05) is 5.73 Å². The Bertz CT molecular complexity index is 1140. The molecule has 148 valence electrons. The van der Waals surface area contributed by atoms with Gasteiger partial charge in [-0.1, -0.05) is 53.5 Å². The van der Waals surface area contributed by atoms with Gasteiger partial charge in [0.05, 0.1) is 16.3 Å². The molecule has 0 spiro atoms. The zero-order valence-electron chi connectivity index (χ0n) is 15.3. The van der Waals surface area contributed by atoms with Gasteiger partial charge in [-0.2, -0.15) is 0 Å². The Hall–Kier alpha value is -3.02. The molecule has 0 atom stereocenters. The van der Waals surface area contributed by atoms with E-state index in [1.165, 1.54) is 22.8 Å². The second-order valence-corrected chi connectivity index (χ2v) is 7.25. The van der Waals surface area contributed by atoms with Crippen LogP contribution in [0.5, 0.6) is 0 Å². The van der Waals surface area contributed by atoms with E-state index in [4.69, 9.17) is 34.0 Å². The van der Waals surface area contributed by atoms with Crippen molar-refractivity contribution in [1.82, 2.24) is 4.57 Å². The molecule has 0 saturated carbocycles. The van der Waals surface area contributed by atoms with Crippen LogP contribution in [0.1, 0.15) is 27.2 Å². The maximum atomic E-state index is 12.6. The number of hydrogen-bond acceptors (Lipinski definition) is 3. The van der Waals surface area contributed by atoms with Crippen molar-refractivity contribution in [2.24, 2.45) is 0 Å². The Morgan fingerprint density at radius 3 is 2.41 bits per heavy atom. The van der Waals surface area contributed by atoms with Crippen molar-refractivity contribution in [3.8, 4) is 0 Å². The molecular weight excluding hydrogens is 411 g/mol. The van der Waals surface area contributed by atoms with E-state index >= 15 is 0 Å². The first-order valence-electron chi connectivity index (χ1n) is 8.80.